The number of carbonyl (C=O) groups is 1. The number of amides is 1. The third kappa shape index (κ3) is 4.33. The Kier molecular flexibility index (Phi) is 6.19. The van der Waals surface area contributed by atoms with Crippen LogP contribution in [0, 0.1) is 0 Å². The summed E-state index contributed by atoms with van der Waals surface area (Å²) in [7, 11) is 3.01. The van der Waals surface area contributed by atoms with Crippen LogP contribution in [-0.2, 0) is 11.3 Å². The Bertz CT molecular complexity index is 1480. The predicted octanol–water partition coefficient (Wildman–Crippen LogP) is 3.46. The third-order valence-electron chi connectivity index (χ3n) is 5.09. The van der Waals surface area contributed by atoms with Gasteiger partial charge in [0, 0.05) is 16.8 Å². The van der Waals surface area contributed by atoms with E-state index in [-0.39, 0.29) is 6.54 Å². The second kappa shape index (κ2) is 9.22. The lowest BCUT2D eigenvalue weighted by molar-refractivity contribution is -0.116. The van der Waals surface area contributed by atoms with Crippen molar-refractivity contribution in [3.8, 4) is 17.2 Å². The van der Waals surface area contributed by atoms with E-state index in [2.05, 4.69) is 5.32 Å². The molecule has 0 aliphatic rings. The minimum absolute atomic E-state index is 0.302. The summed E-state index contributed by atoms with van der Waals surface area (Å²) in [5, 5.41) is 3.43. The van der Waals surface area contributed by atoms with Gasteiger partial charge in [-0.2, -0.15) is 0 Å². The molecule has 0 atom stereocenters. The Labute approximate surface area is 193 Å². The van der Waals surface area contributed by atoms with Gasteiger partial charge in [0.25, 0.3) is 5.56 Å². The van der Waals surface area contributed by atoms with Crippen LogP contribution in [0.1, 0.15) is 0 Å². The Morgan fingerprint density at radius 2 is 1.70 bits per heavy atom. The first kappa shape index (κ1) is 22.2. The fraction of sp³-hybridized carbons (Fsp3) is 0.125. The Balaban J connectivity index is 1.77. The van der Waals surface area contributed by atoms with Crippen LogP contribution < -0.4 is 26.0 Å². The van der Waals surface area contributed by atoms with Gasteiger partial charge in [-0.3, -0.25) is 14.2 Å². The summed E-state index contributed by atoms with van der Waals surface area (Å²) >= 11 is 6.07. The maximum Gasteiger partial charge on any atom is 0.336 e. The van der Waals surface area contributed by atoms with Gasteiger partial charge in [0.15, 0.2) is 11.5 Å². The van der Waals surface area contributed by atoms with Crippen molar-refractivity contribution in [1.29, 1.82) is 0 Å². The molecule has 1 amide bonds. The molecule has 0 bridgehead atoms. The number of nitrogens with zero attached hydrogens (tertiary/aromatic N) is 2. The number of hydrogen-bond donors (Lipinski definition) is 1. The summed E-state index contributed by atoms with van der Waals surface area (Å²) in [6.45, 7) is -0.311. The van der Waals surface area contributed by atoms with Gasteiger partial charge in [0.05, 0.1) is 30.8 Å². The van der Waals surface area contributed by atoms with Crippen molar-refractivity contribution in [3.05, 3.63) is 92.6 Å². The number of rotatable bonds is 6. The number of hydrogen-bond acceptors (Lipinski definition) is 5. The summed E-state index contributed by atoms with van der Waals surface area (Å²) in [6.07, 6.45) is 0. The largest absolute Gasteiger partial charge is 0.493 e. The molecule has 0 unspecified atom stereocenters. The van der Waals surface area contributed by atoms with Crippen LogP contribution in [0.15, 0.2) is 76.3 Å². The summed E-state index contributed by atoms with van der Waals surface area (Å²) < 4.78 is 12.7. The van der Waals surface area contributed by atoms with Crippen molar-refractivity contribution >= 4 is 34.1 Å². The number of fused-ring (bicyclic) bond motifs is 1. The number of nitrogens with one attached hydrogen (secondary N) is 1. The molecular weight excluding hydrogens is 446 g/mol. The maximum atomic E-state index is 13.4. The molecule has 9 heteroatoms. The molecule has 0 spiro atoms. The second-order valence-corrected chi connectivity index (χ2v) is 7.56. The fourth-order valence-corrected chi connectivity index (χ4v) is 3.76. The molecule has 1 aromatic heterocycles. The van der Waals surface area contributed by atoms with E-state index in [0.29, 0.717) is 38.8 Å². The van der Waals surface area contributed by atoms with Crippen molar-refractivity contribution in [2.75, 3.05) is 19.5 Å². The third-order valence-corrected chi connectivity index (χ3v) is 5.32. The number of aromatic nitrogens is 2. The van der Waals surface area contributed by atoms with E-state index in [1.54, 1.807) is 60.7 Å². The molecule has 0 saturated heterocycles. The maximum absolute atomic E-state index is 13.4. The van der Waals surface area contributed by atoms with Gasteiger partial charge < -0.3 is 14.8 Å². The van der Waals surface area contributed by atoms with Gasteiger partial charge in [-0.15, -0.1) is 0 Å². The monoisotopic (exact) mass is 465 g/mol. The zero-order valence-electron chi connectivity index (χ0n) is 17.9. The molecule has 1 heterocycles. The molecule has 0 radical (unpaired) electrons. The quantitative estimate of drug-likeness (QED) is 0.471. The predicted molar refractivity (Wildman–Crippen MR) is 127 cm³/mol. The number of carbonyl (C=O) groups excluding carboxylic acids is 1. The SMILES string of the molecule is COc1ccc(NC(=O)Cn2c(=O)n(-c3cccc(Cl)c3)c(=O)c3ccccc32)cc1OC. The molecule has 0 fully saturated rings. The molecule has 33 heavy (non-hydrogen) atoms. The van der Waals surface area contributed by atoms with Crippen LogP contribution in [-0.4, -0.2) is 29.3 Å². The number of methoxy groups -OCH3 is 2. The van der Waals surface area contributed by atoms with Crippen LogP contribution in [0.3, 0.4) is 0 Å². The molecule has 0 aliphatic heterocycles. The van der Waals surface area contributed by atoms with Crippen molar-refractivity contribution in [2.45, 2.75) is 6.54 Å². The molecule has 0 aliphatic carbocycles. The van der Waals surface area contributed by atoms with E-state index in [1.165, 1.54) is 24.9 Å². The Morgan fingerprint density at radius 3 is 2.42 bits per heavy atom. The van der Waals surface area contributed by atoms with Crippen LogP contribution >= 0.6 is 11.6 Å². The molecule has 168 valence electrons. The van der Waals surface area contributed by atoms with Crippen molar-refractivity contribution in [2.24, 2.45) is 0 Å². The normalized spacial score (nSPS) is 10.8. The highest BCUT2D eigenvalue weighted by Crippen LogP contribution is 2.29. The summed E-state index contributed by atoms with van der Waals surface area (Å²) in [4.78, 5) is 39.3. The highest BCUT2D eigenvalue weighted by atomic mass is 35.5. The van der Waals surface area contributed by atoms with Crippen molar-refractivity contribution in [1.82, 2.24) is 9.13 Å². The lowest BCUT2D eigenvalue weighted by Gasteiger charge is -2.15. The Hall–Kier alpha value is -4.04. The molecule has 8 nitrogen and oxygen atoms in total. The van der Waals surface area contributed by atoms with Crippen LogP contribution in [0.4, 0.5) is 5.69 Å². The topological polar surface area (TPSA) is 91.6 Å². The van der Waals surface area contributed by atoms with E-state index in [0.717, 1.165) is 4.57 Å². The van der Waals surface area contributed by atoms with E-state index in [9.17, 15) is 14.4 Å². The number of halogens is 1. The van der Waals surface area contributed by atoms with E-state index in [1.807, 2.05) is 0 Å². The smallest absolute Gasteiger partial charge is 0.336 e. The van der Waals surface area contributed by atoms with Gasteiger partial charge in [0.2, 0.25) is 5.91 Å². The second-order valence-electron chi connectivity index (χ2n) is 7.12. The van der Waals surface area contributed by atoms with Crippen molar-refractivity contribution < 1.29 is 14.3 Å². The van der Waals surface area contributed by atoms with Gasteiger partial charge >= 0.3 is 5.69 Å². The highest BCUT2D eigenvalue weighted by Gasteiger charge is 2.17. The average molecular weight is 466 g/mol. The van der Waals surface area contributed by atoms with Crippen LogP contribution in [0.25, 0.3) is 16.6 Å². The van der Waals surface area contributed by atoms with E-state index in [4.69, 9.17) is 21.1 Å². The van der Waals surface area contributed by atoms with Gasteiger partial charge in [-0.25, -0.2) is 9.36 Å². The van der Waals surface area contributed by atoms with Crippen molar-refractivity contribution in [3.63, 3.8) is 0 Å². The van der Waals surface area contributed by atoms with Gasteiger partial charge in [-0.1, -0.05) is 29.8 Å². The highest BCUT2D eigenvalue weighted by molar-refractivity contribution is 6.30. The standard InChI is InChI=1S/C24H20ClN3O5/c1-32-20-11-10-16(13-21(20)33-2)26-22(29)14-27-19-9-4-3-8-18(19)23(30)28(24(27)31)17-7-5-6-15(25)12-17/h3-13H,14H2,1-2H3,(H,26,29). The lowest BCUT2D eigenvalue weighted by Crippen LogP contribution is -2.40. The summed E-state index contributed by atoms with van der Waals surface area (Å²) in [6, 6.07) is 18.0. The minimum atomic E-state index is -0.650. The lowest BCUT2D eigenvalue weighted by atomic mass is 10.2. The molecule has 4 rings (SSSR count). The minimum Gasteiger partial charge on any atom is -0.493 e. The first-order chi connectivity index (χ1) is 15.9. The molecule has 0 saturated carbocycles. The number of anilines is 1. The molecule has 3 aromatic carbocycles. The zero-order valence-corrected chi connectivity index (χ0v) is 18.6. The molecule has 4 aromatic rings. The van der Waals surface area contributed by atoms with Gasteiger partial charge in [0.1, 0.15) is 6.54 Å². The fourth-order valence-electron chi connectivity index (χ4n) is 3.57. The van der Waals surface area contributed by atoms with E-state index >= 15 is 0 Å². The number of para-hydroxylation sites is 1. The van der Waals surface area contributed by atoms with Gasteiger partial charge in [-0.05, 0) is 42.5 Å². The van der Waals surface area contributed by atoms with Crippen LogP contribution in [0.5, 0.6) is 11.5 Å². The molecular formula is C24H20ClN3O5. The molecule has 1 N–H and O–H groups in total. The zero-order chi connectivity index (χ0) is 23.5. The first-order valence-electron chi connectivity index (χ1n) is 9.95. The van der Waals surface area contributed by atoms with Crippen LogP contribution in [0.2, 0.25) is 5.02 Å². The first-order valence-corrected chi connectivity index (χ1v) is 10.3. The number of benzene rings is 3. The average Bonchev–Trinajstić information content (AvgIpc) is 2.82. The summed E-state index contributed by atoms with van der Waals surface area (Å²) in [5.41, 5.74) is 0.00144. The van der Waals surface area contributed by atoms with E-state index < -0.39 is 17.2 Å². The summed E-state index contributed by atoms with van der Waals surface area (Å²) in [5.74, 6) is 0.518. The number of ether oxygens (including phenoxy) is 2. The Morgan fingerprint density at radius 1 is 0.939 bits per heavy atom.